The van der Waals surface area contributed by atoms with E-state index in [1.54, 1.807) is 26.2 Å². The molecule has 2 atom stereocenters. The predicted octanol–water partition coefficient (Wildman–Crippen LogP) is 2.51. The monoisotopic (exact) mass is 439 g/mol. The van der Waals surface area contributed by atoms with Crippen LogP contribution in [0.5, 0.6) is 11.5 Å². The first-order chi connectivity index (χ1) is 15.5. The topological polar surface area (TPSA) is 103 Å². The van der Waals surface area contributed by atoms with Gasteiger partial charge in [0.1, 0.15) is 0 Å². The van der Waals surface area contributed by atoms with Crippen molar-refractivity contribution < 1.29 is 28.9 Å². The number of amides is 1. The van der Waals surface area contributed by atoms with E-state index in [1.165, 1.54) is 18.1 Å². The minimum atomic E-state index is -1.15. The van der Waals surface area contributed by atoms with Crippen LogP contribution in [0.2, 0.25) is 0 Å². The minimum Gasteiger partial charge on any atom is -0.504 e. The molecule has 2 heterocycles. The molecule has 0 saturated carbocycles. The van der Waals surface area contributed by atoms with E-state index in [4.69, 9.17) is 19.2 Å². The average Bonchev–Trinajstić information content (AvgIpc) is 3.17. The van der Waals surface area contributed by atoms with Crippen LogP contribution in [-0.4, -0.2) is 60.5 Å². The van der Waals surface area contributed by atoms with E-state index in [1.807, 2.05) is 28.8 Å². The Labute approximate surface area is 185 Å². The van der Waals surface area contributed by atoms with Crippen molar-refractivity contribution in [3.05, 3.63) is 48.0 Å². The highest BCUT2D eigenvalue weighted by atomic mass is 16.5. The van der Waals surface area contributed by atoms with Crippen molar-refractivity contribution >= 4 is 28.9 Å². The Balaban J connectivity index is 1.99. The predicted molar refractivity (Wildman–Crippen MR) is 117 cm³/mol. The number of phenols is 1. The number of aromatic nitrogens is 2. The molecule has 1 amide bonds. The molecule has 0 radical (unpaired) electrons. The number of hydrogen-bond donors (Lipinski definition) is 1. The van der Waals surface area contributed by atoms with Crippen molar-refractivity contribution in [2.45, 2.75) is 13.0 Å². The summed E-state index contributed by atoms with van der Waals surface area (Å²) in [5.74, 6) is -1.56. The fourth-order valence-electron chi connectivity index (χ4n) is 4.12. The van der Waals surface area contributed by atoms with Gasteiger partial charge in [0.2, 0.25) is 11.9 Å². The zero-order valence-corrected chi connectivity index (χ0v) is 18.1. The number of fused-ring (bicyclic) bond motifs is 3. The van der Waals surface area contributed by atoms with Crippen molar-refractivity contribution in [3.8, 4) is 11.5 Å². The molecule has 9 heteroatoms. The summed E-state index contributed by atoms with van der Waals surface area (Å²) < 4.78 is 17.6. The molecular formula is C23H25N3O6. The van der Waals surface area contributed by atoms with Crippen LogP contribution in [0.3, 0.4) is 0 Å². The summed E-state index contributed by atoms with van der Waals surface area (Å²) in [5, 5.41) is 10.1. The van der Waals surface area contributed by atoms with Gasteiger partial charge < -0.3 is 23.9 Å². The van der Waals surface area contributed by atoms with Gasteiger partial charge in [-0.2, -0.15) is 0 Å². The first kappa shape index (κ1) is 21.6. The van der Waals surface area contributed by atoms with E-state index in [-0.39, 0.29) is 31.3 Å². The second kappa shape index (κ2) is 8.88. The fourth-order valence-corrected chi connectivity index (χ4v) is 4.12. The standard InChI is InChI=1S/C23H25N3O6/c1-4-32-22(29)19-20(14-9-10-17(27)18(13-14)31-3)26-16-8-6-5-7-15(16)24-23(26)25(21(19)28)11-12-30-2/h5-10,13,19-20,27H,4,11-12H2,1-3H3. The highest BCUT2D eigenvalue weighted by Gasteiger charge is 2.47. The van der Waals surface area contributed by atoms with Gasteiger partial charge >= 0.3 is 5.97 Å². The number of aromatic hydroxyl groups is 1. The molecule has 2 unspecified atom stereocenters. The minimum absolute atomic E-state index is 0.0384. The summed E-state index contributed by atoms with van der Waals surface area (Å²) in [5.41, 5.74) is 2.07. The molecule has 0 saturated heterocycles. The number of nitrogens with zero attached hydrogens (tertiary/aromatic N) is 3. The van der Waals surface area contributed by atoms with Crippen molar-refractivity contribution in [2.24, 2.45) is 5.92 Å². The maximum Gasteiger partial charge on any atom is 0.321 e. The zero-order valence-electron chi connectivity index (χ0n) is 18.1. The zero-order chi connectivity index (χ0) is 22.8. The van der Waals surface area contributed by atoms with E-state index < -0.39 is 23.8 Å². The molecule has 2 aromatic carbocycles. The van der Waals surface area contributed by atoms with Crippen LogP contribution in [0.1, 0.15) is 18.5 Å². The van der Waals surface area contributed by atoms with Crippen molar-refractivity contribution in [2.75, 3.05) is 38.9 Å². The second-order valence-corrected chi connectivity index (χ2v) is 7.36. The molecular weight excluding hydrogens is 414 g/mol. The number of esters is 1. The molecule has 1 aliphatic heterocycles. The fraction of sp³-hybridized carbons (Fsp3) is 0.348. The Morgan fingerprint density at radius 1 is 1.19 bits per heavy atom. The van der Waals surface area contributed by atoms with Gasteiger partial charge in [-0.3, -0.25) is 14.5 Å². The smallest absolute Gasteiger partial charge is 0.321 e. The number of phenolic OH excluding ortho intramolecular Hbond substituents is 1. The van der Waals surface area contributed by atoms with Gasteiger partial charge in [0.25, 0.3) is 0 Å². The van der Waals surface area contributed by atoms with Gasteiger partial charge in [-0.15, -0.1) is 0 Å². The summed E-state index contributed by atoms with van der Waals surface area (Å²) in [6, 6.07) is 11.5. The number of hydrogen-bond acceptors (Lipinski definition) is 7. The molecule has 0 aliphatic carbocycles. The summed E-state index contributed by atoms with van der Waals surface area (Å²) in [6.07, 6.45) is 0. The lowest BCUT2D eigenvalue weighted by molar-refractivity contribution is -0.153. The lowest BCUT2D eigenvalue weighted by Crippen LogP contribution is -2.51. The molecule has 1 aromatic heterocycles. The number of anilines is 1. The van der Waals surface area contributed by atoms with Crippen LogP contribution in [-0.2, 0) is 19.1 Å². The van der Waals surface area contributed by atoms with E-state index in [0.29, 0.717) is 17.0 Å². The third-order valence-corrected chi connectivity index (χ3v) is 5.55. The molecule has 3 aromatic rings. The number of carbonyl (C=O) groups excluding carboxylic acids is 2. The number of para-hydroxylation sites is 2. The third kappa shape index (κ3) is 3.54. The quantitative estimate of drug-likeness (QED) is 0.446. The molecule has 9 nitrogen and oxygen atoms in total. The molecule has 4 rings (SSSR count). The van der Waals surface area contributed by atoms with Crippen LogP contribution in [0.15, 0.2) is 42.5 Å². The summed E-state index contributed by atoms with van der Waals surface area (Å²) in [6.45, 7) is 2.36. The van der Waals surface area contributed by atoms with Gasteiger partial charge in [0, 0.05) is 7.11 Å². The number of methoxy groups -OCH3 is 2. The van der Waals surface area contributed by atoms with Crippen LogP contribution in [0.4, 0.5) is 5.95 Å². The van der Waals surface area contributed by atoms with Gasteiger partial charge in [-0.05, 0) is 36.8 Å². The number of ether oxygens (including phenoxy) is 3. The lowest BCUT2D eigenvalue weighted by Gasteiger charge is -2.37. The third-order valence-electron chi connectivity index (χ3n) is 5.55. The highest BCUT2D eigenvalue weighted by Crippen LogP contribution is 2.42. The van der Waals surface area contributed by atoms with Crippen LogP contribution >= 0.6 is 0 Å². The van der Waals surface area contributed by atoms with Crippen molar-refractivity contribution in [3.63, 3.8) is 0 Å². The molecule has 0 bridgehead atoms. The Kier molecular flexibility index (Phi) is 6.00. The average molecular weight is 439 g/mol. The Bertz CT molecular complexity index is 1160. The van der Waals surface area contributed by atoms with Crippen LogP contribution < -0.4 is 9.64 Å². The Morgan fingerprint density at radius 2 is 1.97 bits per heavy atom. The van der Waals surface area contributed by atoms with Gasteiger partial charge in [0.05, 0.1) is 43.9 Å². The van der Waals surface area contributed by atoms with Gasteiger partial charge in [-0.25, -0.2) is 4.98 Å². The van der Waals surface area contributed by atoms with Crippen LogP contribution in [0.25, 0.3) is 11.0 Å². The maximum absolute atomic E-state index is 13.6. The molecule has 0 spiro atoms. The second-order valence-electron chi connectivity index (χ2n) is 7.36. The Hall–Kier alpha value is -3.59. The van der Waals surface area contributed by atoms with Gasteiger partial charge in [-0.1, -0.05) is 18.2 Å². The molecule has 1 N–H and O–H groups in total. The first-order valence-electron chi connectivity index (χ1n) is 10.3. The normalized spacial score (nSPS) is 18.0. The van der Waals surface area contributed by atoms with E-state index >= 15 is 0 Å². The molecule has 0 fully saturated rings. The molecule has 1 aliphatic rings. The lowest BCUT2D eigenvalue weighted by atomic mass is 9.89. The highest BCUT2D eigenvalue weighted by molar-refractivity contribution is 6.08. The number of carbonyl (C=O) groups is 2. The first-order valence-corrected chi connectivity index (χ1v) is 10.3. The van der Waals surface area contributed by atoms with E-state index in [2.05, 4.69) is 0 Å². The summed E-state index contributed by atoms with van der Waals surface area (Å²) in [7, 11) is 2.99. The van der Waals surface area contributed by atoms with Gasteiger partial charge in [0.15, 0.2) is 17.4 Å². The summed E-state index contributed by atoms with van der Waals surface area (Å²) in [4.78, 5) is 32.9. The summed E-state index contributed by atoms with van der Waals surface area (Å²) >= 11 is 0. The largest absolute Gasteiger partial charge is 0.504 e. The van der Waals surface area contributed by atoms with E-state index in [9.17, 15) is 14.7 Å². The number of benzene rings is 2. The molecule has 32 heavy (non-hydrogen) atoms. The van der Waals surface area contributed by atoms with E-state index in [0.717, 1.165) is 5.52 Å². The van der Waals surface area contributed by atoms with Crippen molar-refractivity contribution in [1.82, 2.24) is 9.55 Å². The maximum atomic E-state index is 13.6. The number of imidazole rings is 1. The SMILES string of the molecule is CCOC(=O)C1C(=O)N(CCOC)c2nc3ccccc3n2C1c1ccc(O)c(OC)c1. The van der Waals surface area contributed by atoms with Crippen molar-refractivity contribution in [1.29, 1.82) is 0 Å². The Morgan fingerprint density at radius 3 is 2.69 bits per heavy atom. The molecule has 168 valence electrons. The van der Waals surface area contributed by atoms with Crippen LogP contribution in [0, 0.1) is 5.92 Å². The number of rotatable bonds is 7.